The molecule has 2 aliphatic heterocycles. The minimum atomic E-state index is -0.205. The Bertz CT molecular complexity index is 482. The maximum Gasteiger partial charge on any atom is 0.228 e. The fourth-order valence-electron chi connectivity index (χ4n) is 3.34. The third-order valence-corrected chi connectivity index (χ3v) is 4.60. The molecule has 2 saturated heterocycles. The van der Waals surface area contributed by atoms with E-state index in [0.29, 0.717) is 19.1 Å². The van der Waals surface area contributed by atoms with Crippen molar-refractivity contribution in [2.75, 3.05) is 26.3 Å². The maximum absolute atomic E-state index is 13.1. The minimum Gasteiger partial charge on any atom is -0.381 e. The number of amides is 1. The summed E-state index contributed by atoms with van der Waals surface area (Å²) in [6, 6.07) is 6.73. The third kappa shape index (κ3) is 3.43. The second-order valence-corrected chi connectivity index (χ2v) is 6.09. The van der Waals surface area contributed by atoms with E-state index >= 15 is 0 Å². The molecule has 1 aromatic carbocycles. The number of halogens is 1. The third-order valence-electron chi connectivity index (χ3n) is 4.60. The molecule has 4 heteroatoms. The van der Waals surface area contributed by atoms with Gasteiger partial charge < -0.3 is 9.64 Å². The van der Waals surface area contributed by atoms with E-state index in [-0.39, 0.29) is 17.6 Å². The monoisotopic (exact) mass is 291 g/mol. The molecule has 2 heterocycles. The first-order chi connectivity index (χ1) is 10.2. The van der Waals surface area contributed by atoms with Gasteiger partial charge >= 0.3 is 0 Å². The molecule has 3 nitrogen and oxygen atoms in total. The van der Waals surface area contributed by atoms with Crippen LogP contribution in [0.2, 0.25) is 0 Å². The highest BCUT2D eigenvalue weighted by molar-refractivity contribution is 5.79. The van der Waals surface area contributed by atoms with Crippen molar-refractivity contribution in [1.29, 1.82) is 0 Å². The lowest BCUT2D eigenvalue weighted by Gasteiger charge is -2.27. The van der Waals surface area contributed by atoms with Gasteiger partial charge in [0.25, 0.3) is 0 Å². The number of carbonyl (C=O) groups is 1. The zero-order chi connectivity index (χ0) is 14.7. The molecule has 0 aromatic heterocycles. The topological polar surface area (TPSA) is 29.5 Å². The number of nitrogens with zero attached hydrogens (tertiary/aromatic N) is 1. The van der Waals surface area contributed by atoms with Gasteiger partial charge in [0.2, 0.25) is 5.91 Å². The molecule has 3 rings (SSSR count). The molecule has 0 aliphatic carbocycles. The normalized spacial score (nSPS) is 26.6. The molecule has 0 bridgehead atoms. The molecule has 0 spiro atoms. The van der Waals surface area contributed by atoms with E-state index in [1.807, 2.05) is 17.0 Å². The molecule has 1 aromatic rings. The van der Waals surface area contributed by atoms with Crippen LogP contribution in [0.15, 0.2) is 24.3 Å². The predicted molar refractivity (Wildman–Crippen MR) is 78.5 cm³/mol. The largest absolute Gasteiger partial charge is 0.381 e. The van der Waals surface area contributed by atoms with E-state index in [9.17, 15) is 9.18 Å². The summed E-state index contributed by atoms with van der Waals surface area (Å²) in [6.45, 7) is 2.86. The van der Waals surface area contributed by atoms with E-state index < -0.39 is 0 Å². The average molecular weight is 291 g/mol. The van der Waals surface area contributed by atoms with Crippen molar-refractivity contribution < 1.29 is 13.9 Å². The van der Waals surface area contributed by atoms with Crippen molar-refractivity contribution in [3.63, 3.8) is 0 Å². The lowest BCUT2D eigenvalue weighted by atomic mass is 9.94. The van der Waals surface area contributed by atoms with Gasteiger partial charge in [0.1, 0.15) is 5.82 Å². The van der Waals surface area contributed by atoms with Crippen LogP contribution in [-0.4, -0.2) is 37.1 Å². The SMILES string of the molecule is O=C([C@@H]1CCOC1)N1CCCC[C@H](c2ccc(F)cc2)C1. The van der Waals surface area contributed by atoms with E-state index in [4.69, 9.17) is 4.74 Å². The van der Waals surface area contributed by atoms with E-state index in [2.05, 4.69) is 0 Å². The molecular formula is C17H22FNO2. The Hall–Kier alpha value is -1.42. The van der Waals surface area contributed by atoms with Crippen LogP contribution in [0.4, 0.5) is 4.39 Å². The number of rotatable bonds is 2. The van der Waals surface area contributed by atoms with Crippen molar-refractivity contribution >= 4 is 5.91 Å². The molecule has 0 unspecified atom stereocenters. The summed E-state index contributed by atoms with van der Waals surface area (Å²) in [5.41, 5.74) is 1.14. The summed E-state index contributed by atoms with van der Waals surface area (Å²) in [5.74, 6) is 0.390. The fourth-order valence-corrected chi connectivity index (χ4v) is 3.34. The minimum absolute atomic E-state index is 0.0389. The van der Waals surface area contributed by atoms with Crippen LogP contribution >= 0.6 is 0 Å². The smallest absolute Gasteiger partial charge is 0.228 e. The molecule has 1 amide bonds. The molecule has 2 aliphatic rings. The summed E-state index contributed by atoms with van der Waals surface area (Å²) in [7, 11) is 0. The molecule has 2 atom stereocenters. The van der Waals surface area contributed by atoms with Crippen LogP contribution in [0.3, 0.4) is 0 Å². The van der Waals surface area contributed by atoms with E-state index in [1.54, 1.807) is 0 Å². The van der Waals surface area contributed by atoms with Crippen LogP contribution in [0.1, 0.15) is 37.2 Å². The van der Waals surface area contributed by atoms with Crippen LogP contribution in [0, 0.1) is 11.7 Å². The second kappa shape index (κ2) is 6.56. The average Bonchev–Trinajstić information content (AvgIpc) is 2.92. The lowest BCUT2D eigenvalue weighted by Crippen LogP contribution is -2.38. The van der Waals surface area contributed by atoms with Gasteiger partial charge in [0, 0.05) is 25.6 Å². The summed E-state index contributed by atoms with van der Waals surface area (Å²) in [6.07, 6.45) is 4.08. The van der Waals surface area contributed by atoms with Gasteiger partial charge in [-0.05, 0) is 37.0 Å². The van der Waals surface area contributed by atoms with E-state index in [1.165, 1.54) is 12.1 Å². The summed E-state index contributed by atoms with van der Waals surface area (Å²) < 4.78 is 18.4. The Kier molecular flexibility index (Phi) is 4.54. The second-order valence-electron chi connectivity index (χ2n) is 6.09. The van der Waals surface area contributed by atoms with Crippen molar-refractivity contribution in [2.45, 2.75) is 31.6 Å². The predicted octanol–water partition coefficient (Wildman–Crippen LogP) is 2.96. The van der Waals surface area contributed by atoms with Crippen molar-refractivity contribution in [3.05, 3.63) is 35.6 Å². The molecule has 0 N–H and O–H groups in total. The molecule has 0 radical (unpaired) electrons. The van der Waals surface area contributed by atoms with Crippen LogP contribution in [0.5, 0.6) is 0 Å². The van der Waals surface area contributed by atoms with Crippen LogP contribution in [0.25, 0.3) is 0 Å². The Balaban J connectivity index is 1.70. The van der Waals surface area contributed by atoms with Gasteiger partial charge in [-0.15, -0.1) is 0 Å². The van der Waals surface area contributed by atoms with Gasteiger partial charge in [-0.3, -0.25) is 4.79 Å². The van der Waals surface area contributed by atoms with E-state index in [0.717, 1.165) is 44.3 Å². The number of benzene rings is 1. The van der Waals surface area contributed by atoms with Crippen molar-refractivity contribution in [3.8, 4) is 0 Å². The highest BCUT2D eigenvalue weighted by Gasteiger charge is 2.30. The number of carbonyl (C=O) groups excluding carboxylic acids is 1. The van der Waals surface area contributed by atoms with Crippen molar-refractivity contribution in [1.82, 2.24) is 4.90 Å². The fraction of sp³-hybridized carbons (Fsp3) is 0.588. The first-order valence-corrected chi connectivity index (χ1v) is 7.86. The Morgan fingerprint density at radius 2 is 2.00 bits per heavy atom. The molecule has 2 fully saturated rings. The summed E-state index contributed by atoms with van der Waals surface area (Å²) >= 11 is 0. The zero-order valence-electron chi connectivity index (χ0n) is 12.3. The van der Waals surface area contributed by atoms with Gasteiger partial charge in [-0.25, -0.2) is 4.39 Å². The molecule has 114 valence electrons. The van der Waals surface area contributed by atoms with Gasteiger partial charge in [0.05, 0.1) is 12.5 Å². The van der Waals surface area contributed by atoms with Gasteiger partial charge in [0.15, 0.2) is 0 Å². The van der Waals surface area contributed by atoms with Gasteiger partial charge in [-0.2, -0.15) is 0 Å². The quantitative estimate of drug-likeness (QED) is 0.838. The van der Waals surface area contributed by atoms with Crippen LogP contribution in [-0.2, 0) is 9.53 Å². The van der Waals surface area contributed by atoms with Crippen LogP contribution < -0.4 is 0 Å². The highest BCUT2D eigenvalue weighted by Crippen LogP contribution is 2.28. The molecular weight excluding hydrogens is 269 g/mol. The standard InChI is InChI=1S/C17H22FNO2/c18-16-6-4-13(5-7-16)14-3-1-2-9-19(11-14)17(20)15-8-10-21-12-15/h4-7,14-15H,1-3,8-12H2/t14-,15+/m0/s1. The number of hydrogen-bond acceptors (Lipinski definition) is 2. The number of ether oxygens (including phenoxy) is 1. The lowest BCUT2D eigenvalue weighted by molar-refractivity contribution is -0.135. The van der Waals surface area contributed by atoms with Gasteiger partial charge in [-0.1, -0.05) is 18.6 Å². The molecule has 21 heavy (non-hydrogen) atoms. The zero-order valence-corrected chi connectivity index (χ0v) is 12.3. The first-order valence-electron chi connectivity index (χ1n) is 7.86. The maximum atomic E-state index is 13.1. The summed E-state index contributed by atoms with van der Waals surface area (Å²) in [5, 5.41) is 0. The Morgan fingerprint density at radius 3 is 2.71 bits per heavy atom. The molecule has 0 saturated carbocycles. The first kappa shape index (κ1) is 14.5. The summed E-state index contributed by atoms with van der Waals surface area (Å²) in [4.78, 5) is 14.6. The van der Waals surface area contributed by atoms with Crippen molar-refractivity contribution in [2.24, 2.45) is 5.92 Å². The Morgan fingerprint density at radius 1 is 1.19 bits per heavy atom. The highest BCUT2D eigenvalue weighted by atomic mass is 19.1. The Labute approximate surface area is 125 Å². The number of hydrogen-bond donors (Lipinski definition) is 0. The number of likely N-dealkylation sites (tertiary alicyclic amines) is 1.